The van der Waals surface area contributed by atoms with E-state index >= 15 is 0 Å². The van der Waals surface area contributed by atoms with Crippen LogP contribution in [0.4, 0.5) is 0 Å². The Labute approximate surface area is 134 Å². The zero-order valence-electron chi connectivity index (χ0n) is 12.6. The number of phenolic OH excluding ortho intramolecular Hbond substituents is 1. The molecule has 0 aliphatic heterocycles. The van der Waals surface area contributed by atoms with E-state index in [1.54, 1.807) is 18.2 Å². The molecule has 1 heterocycles. The lowest BCUT2D eigenvalue weighted by atomic mass is 10.2. The molecule has 2 aromatic carbocycles. The molecule has 3 aromatic rings. The standard InChI is InChI=1S/C18H18ClNO2/c1-12(2)20-14(9-13-5-3-8-17(19)18(13)20)11-22-16-7-4-6-15(21)10-16/h3-10,12,21H,11H2,1-2H3. The average molecular weight is 316 g/mol. The highest BCUT2D eigenvalue weighted by molar-refractivity contribution is 6.35. The third kappa shape index (κ3) is 2.77. The molecule has 4 heteroatoms. The maximum atomic E-state index is 9.50. The van der Waals surface area contributed by atoms with Crippen molar-refractivity contribution in [3.63, 3.8) is 0 Å². The molecule has 0 spiro atoms. The molecule has 0 radical (unpaired) electrons. The summed E-state index contributed by atoms with van der Waals surface area (Å²) in [7, 11) is 0. The van der Waals surface area contributed by atoms with Crippen molar-refractivity contribution in [2.45, 2.75) is 26.5 Å². The number of hydrogen-bond acceptors (Lipinski definition) is 2. The number of phenols is 1. The van der Waals surface area contributed by atoms with Gasteiger partial charge in [-0.3, -0.25) is 0 Å². The molecular formula is C18H18ClNO2. The van der Waals surface area contributed by atoms with E-state index in [-0.39, 0.29) is 11.8 Å². The van der Waals surface area contributed by atoms with Gasteiger partial charge in [-0.05, 0) is 38.1 Å². The number of rotatable bonds is 4. The van der Waals surface area contributed by atoms with Gasteiger partial charge in [-0.1, -0.05) is 29.8 Å². The minimum Gasteiger partial charge on any atom is -0.508 e. The molecule has 1 N–H and O–H groups in total. The van der Waals surface area contributed by atoms with Gasteiger partial charge in [0.2, 0.25) is 0 Å². The number of aromatic hydroxyl groups is 1. The van der Waals surface area contributed by atoms with Gasteiger partial charge in [0.25, 0.3) is 0 Å². The fraction of sp³-hybridized carbons (Fsp3) is 0.222. The van der Waals surface area contributed by atoms with Gasteiger partial charge in [0, 0.05) is 17.5 Å². The van der Waals surface area contributed by atoms with Crippen molar-refractivity contribution in [1.29, 1.82) is 0 Å². The van der Waals surface area contributed by atoms with Crippen LogP contribution >= 0.6 is 11.6 Å². The Hall–Kier alpha value is -2.13. The Kier molecular flexibility index (Phi) is 3.99. The summed E-state index contributed by atoms with van der Waals surface area (Å²) in [6.45, 7) is 4.67. The van der Waals surface area contributed by atoms with Gasteiger partial charge in [-0.25, -0.2) is 0 Å². The van der Waals surface area contributed by atoms with E-state index in [1.807, 2.05) is 18.2 Å². The summed E-state index contributed by atoms with van der Waals surface area (Å²) in [4.78, 5) is 0. The molecule has 0 aliphatic carbocycles. The molecule has 0 amide bonds. The second-order valence-electron chi connectivity index (χ2n) is 5.56. The second kappa shape index (κ2) is 5.93. The number of halogens is 1. The number of aromatic nitrogens is 1. The molecule has 114 valence electrons. The zero-order valence-corrected chi connectivity index (χ0v) is 13.3. The van der Waals surface area contributed by atoms with Crippen molar-refractivity contribution in [1.82, 2.24) is 4.57 Å². The van der Waals surface area contributed by atoms with Crippen LogP contribution in [0.3, 0.4) is 0 Å². The lowest BCUT2D eigenvalue weighted by Crippen LogP contribution is -2.08. The van der Waals surface area contributed by atoms with Crippen molar-refractivity contribution in [3.05, 3.63) is 59.2 Å². The van der Waals surface area contributed by atoms with Crippen LogP contribution in [0.2, 0.25) is 5.02 Å². The number of ether oxygens (including phenoxy) is 1. The Morgan fingerprint density at radius 1 is 1.14 bits per heavy atom. The summed E-state index contributed by atoms with van der Waals surface area (Å²) in [6.07, 6.45) is 0. The lowest BCUT2D eigenvalue weighted by Gasteiger charge is -2.16. The summed E-state index contributed by atoms with van der Waals surface area (Å²) in [5, 5.41) is 11.4. The largest absolute Gasteiger partial charge is 0.508 e. The number of benzene rings is 2. The first-order valence-corrected chi connectivity index (χ1v) is 7.64. The molecule has 0 unspecified atom stereocenters. The van der Waals surface area contributed by atoms with Crippen LogP contribution < -0.4 is 4.74 Å². The third-order valence-electron chi connectivity index (χ3n) is 3.61. The van der Waals surface area contributed by atoms with Crippen molar-refractivity contribution >= 4 is 22.5 Å². The summed E-state index contributed by atoms with van der Waals surface area (Å²) in [5.41, 5.74) is 2.09. The van der Waals surface area contributed by atoms with Gasteiger partial charge in [-0.2, -0.15) is 0 Å². The Morgan fingerprint density at radius 3 is 2.64 bits per heavy atom. The molecule has 0 saturated heterocycles. The van der Waals surface area contributed by atoms with Crippen LogP contribution in [0.1, 0.15) is 25.6 Å². The molecule has 3 rings (SSSR count). The first-order chi connectivity index (χ1) is 10.6. The molecule has 1 aromatic heterocycles. The maximum absolute atomic E-state index is 9.50. The summed E-state index contributed by atoms with van der Waals surface area (Å²) < 4.78 is 8.00. The van der Waals surface area contributed by atoms with Gasteiger partial charge in [0.15, 0.2) is 0 Å². The third-order valence-corrected chi connectivity index (χ3v) is 3.92. The lowest BCUT2D eigenvalue weighted by molar-refractivity contribution is 0.291. The zero-order chi connectivity index (χ0) is 15.7. The van der Waals surface area contributed by atoms with E-state index < -0.39 is 0 Å². The molecule has 22 heavy (non-hydrogen) atoms. The van der Waals surface area contributed by atoms with Crippen molar-refractivity contribution in [2.75, 3.05) is 0 Å². The highest BCUT2D eigenvalue weighted by Gasteiger charge is 2.14. The van der Waals surface area contributed by atoms with E-state index in [0.29, 0.717) is 12.4 Å². The quantitative estimate of drug-likeness (QED) is 0.721. The van der Waals surface area contributed by atoms with Gasteiger partial charge in [0.05, 0.1) is 16.2 Å². The molecule has 0 bridgehead atoms. The van der Waals surface area contributed by atoms with Gasteiger partial charge >= 0.3 is 0 Å². The van der Waals surface area contributed by atoms with Crippen LogP contribution in [-0.4, -0.2) is 9.67 Å². The summed E-state index contributed by atoms with van der Waals surface area (Å²) >= 11 is 6.36. The number of hydrogen-bond donors (Lipinski definition) is 1. The molecule has 0 aliphatic rings. The van der Waals surface area contributed by atoms with Gasteiger partial charge in [0.1, 0.15) is 18.1 Å². The first kappa shape index (κ1) is 14.8. The number of para-hydroxylation sites is 1. The Bertz CT molecular complexity index is 808. The van der Waals surface area contributed by atoms with Gasteiger partial charge < -0.3 is 14.4 Å². The number of fused-ring (bicyclic) bond motifs is 1. The van der Waals surface area contributed by atoms with E-state index in [2.05, 4.69) is 30.5 Å². The SMILES string of the molecule is CC(C)n1c(COc2cccc(O)c2)cc2cccc(Cl)c21. The number of nitrogens with zero attached hydrogens (tertiary/aromatic N) is 1. The van der Waals surface area contributed by atoms with Crippen LogP contribution in [0.5, 0.6) is 11.5 Å². The smallest absolute Gasteiger partial charge is 0.128 e. The van der Waals surface area contributed by atoms with Crippen molar-refractivity contribution in [2.24, 2.45) is 0 Å². The predicted molar refractivity (Wildman–Crippen MR) is 89.8 cm³/mol. The van der Waals surface area contributed by atoms with E-state index in [1.165, 1.54) is 0 Å². The highest BCUT2D eigenvalue weighted by Crippen LogP contribution is 2.30. The van der Waals surface area contributed by atoms with Gasteiger partial charge in [-0.15, -0.1) is 0 Å². The summed E-state index contributed by atoms with van der Waals surface area (Å²) in [6, 6.07) is 15.1. The predicted octanol–water partition coefficient (Wildman–Crippen LogP) is 5.16. The maximum Gasteiger partial charge on any atom is 0.128 e. The second-order valence-corrected chi connectivity index (χ2v) is 5.97. The van der Waals surface area contributed by atoms with Crippen molar-refractivity contribution < 1.29 is 9.84 Å². The molecule has 0 saturated carbocycles. The monoisotopic (exact) mass is 315 g/mol. The normalized spacial score (nSPS) is 11.3. The molecule has 0 fully saturated rings. The van der Waals surface area contributed by atoms with E-state index in [4.69, 9.17) is 16.3 Å². The fourth-order valence-electron chi connectivity index (χ4n) is 2.73. The van der Waals surface area contributed by atoms with E-state index in [0.717, 1.165) is 21.6 Å². The summed E-state index contributed by atoms with van der Waals surface area (Å²) in [5.74, 6) is 0.844. The topological polar surface area (TPSA) is 34.4 Å². The molecular weight excluding hydrogens is 298 g/mol. The Morgan fingerprint density at radius 2 is 1.91 bits per heavy atom. The van der Waals surface area contributed by atoms with Crippen LogP contribution in [0.25, 0.3) is 10.9 Å². The van der Waals surface area contributed by atoms with E-state index in [9.17, 15) is 5.11 Å². The van der Waals surface area contributed by atoms with Crippen LogP contribution in [0.15, 0.2) is 48.5 Å². The molecule has 3 nitrogen and oxygen atoms in total. The van der Waals surface area contributed by atoms with Crippen molar-refractivity contribution in [3.8, 4) is 11.5 Å². The highest BCUT2D eigenvalue weighted by atomic mass is 35.5. The van der Waals surface area contributed by atoms with Crippen LogP contribution in [0, 0.1) is 0 Å². The Balaban J connectivity index is 1.96. The average Bonchev–Trinajstić information content (AvgIpc) is 2.85. The fourth-order valence-corrected chi connectivity index (χ4v) is 3.00. The molecule has 0 atom stereocenters. The van der Waals surface area contributed by atoms with Crippen LogP contribution in [-0.2, 0) is 6.61 Å². The minimum absolute atomic E-state index is 0.199. The first-order valence-electron chi connectivity index (χ1n) is 7.26. The minimum atomic E-state index is 0.199.